The zero-order valence-electron chi connectivity index (χ0n) is 12.5. The topological polar surface area (TPSA) is 9.23 Å². The van der Waals surface area contributed by atoms with Crippen LogP contribution in [0, 0.1) is 16.7 Å². The standard InChI is InChI=1S/C17H26O/c1-11-9-12(2)16-7-8-17(10-16,18-6)13(3)15(4,5)14(11)16/h12H,3,7-10H2,1-2,4-6H3/t12?,16-,17-/m1/s1. The molecule has 0 aliphatic heterocycles. The molecule has 2 bridgehead atoms. The summed E-state index contributed by atoms with van der Waals surface area (Å²) in [5.74, 6) is 0.775. The minimum Gasteiger partial charge on any atom is -0.374 e. The Bertz CT molecular complexity index is 456. The van der Waals surface area contributed by atoms with Crippen molar-refractivity contribution in [3.05, 3.63) is 23.3 Å². The maximum atomic E-state index is 5.98. The zero-order valence-corrected chi connectivity index (χ0v) is 12.5. The third-order valence-corrected chi connectivity index (χ3v) is 6.38. The molecule has 0 saturated heterocycles. The summed E-state index contributed by atoms with van der Waals surface area (Å²) in [5, 5.41) is 0. The van der Waals surface area contributed by atoms with Gasteiger partial charge in [0.2, 0.25) is 0 Å². The van der Waals surface area contributed by atoms with Gasteiger partial charge in [0, 0.05) is 12.5 Å². The molecule has 0 aromatic rings. The summed E-state index contributed by atoms with van der Waals surface area (Å²) in [4.78, 5) is 0. The summed E-state index contributed by atoms with van der Waals surface area (Å²) >= 11 is 0. The van der Waals surface area contributed by atoms with Crippen LogP contribution in [0.1, 0.15) is 53.4 Å². The van der Waals surface area contributed by atoms with E-state index in [9.17, 15) is 0 Å². The monoisotopic (exact) mass is 246 g/mol. The van der Waals surface area contributed by atoms with Crippen LogP contribution in [-0.4, -0.2) is 12.7 Å². The van der Waals surface area contributed by atoms with Gasteiger partial charge in [-0.3, -0.25) is 0 Å². The van der Waals surface area contributed by atoms with Crippen molar-refractivity contribution < 1.29 is 4.74 Å². The highest BCUT2D eigenvalue weighted by atomic mass is 16.5. The van der Waals surface area contributed by atoms with E-state index in [-0.39, 0.29) is 11.0 Å². The fourth-order valence-electron chi connectivity index (χ4n) is 5.60. The lowest BCUT2D eigenvalue weighted by molar-refractivity contribution is -0.0111. The Labute approximate surface area is 111 Å². The Morgan fingerprint density at radius 1 is 1.28 bits per heavy atom. The van der Waals surface area contributed by atoms with E-state index in [0.717, 1.165) is 12.3 Å². The molecule has 1 spiro atoms. The molecule has 3 aliphatic carbocycles. The lowest BCUT2D eigenvalue weighted by Crippen LogP contribution is -2.47. The lowest BCUT2D eigenvalue weighted by Gasteiger charge is -2.51. The van der Waals surface area contributed by atoms with Crippen LogP contribution in [0.2, 0.25) is 0 Å². The first-order valence-electron chi connectivity index (χ1n) is 7.26. The highest BCUT2D eigenvalue weighted by molar-refractivity contribution is 5.49. The molecule has 0 aromatic heterocycles. The number of methoxy groups -OCH3 is 1. The van der Waals surface area contributed by atoms with E-state index in [2.05, 4.69) is 34.3 Å². The molecule has 1 unspecified atom stereocenters. The van der Waals surface area contributed by atoms with Crippen LogP contribution in [0.4, 0.5) is 0 Å². The van der Waals surface area contributed by atoms with Crippen molar-refractivity contribution >= 4 is 0 Å². The number of hydrogen-bond acceptors (Lipinski definition) is 1. The predicted octanol–water partition coefficient (Wildman–Crippen LogP) is 4.49. The van der Waals surface area contributed by atoms with Crippen molar-refractivity contribution in [3.63, 3.8) is 0 Å². The van der Waals surface area contributed by atoms with Gasteiger partial charge >= 0.3 is 0 Å². The highest BCUT2D eigenvalue weighted by Gasteiger charge is 2.65. The smallest absolute Gasteiger partial charge is 0.0902 e. The van der Waals surface area contributed by atoms with Gasteiger partial charge in [-0.2, -0.15) is 0 Å². The van der Waals surface area contributed by atoms with Crippen molar-refractivity contribution in [2.45, 2.75) is 59.0 Å². The predicted molar refractivity (Wildman–Crippen MR) is 75.4 cm³/mol. The minimum atomic E-state index is -0.0497. The van der Waals surface area contributed by atoms with Crippen LogP contribution >= 0.6 is 0 Å². The minimum absolute atomic E-state index is 0.0497. The molecule has 0 heterocycles. The summed E-state index contributed by atoms with van der Waals surface area (Å²) in [6, 6.07) is 0. The second-order valence-electron chi connectivity index (χ2n) is 7.40. The molecule has 2 fully saturated rings. The summed E-state index contributed by atoms with van der Waals surface area (Å²) in [6.45, 7) is 13.9. The Balaban J connectivity index is 2.23. The van der Waals surface area contributed by atoms with Gasteiger partial charge in [0.25, 0.3) is 0 Å². The first kappa shape index (κ1) is 12.5. The van der Waals surface area contributed by atoms with E-state index < -0.39 is 0 Å². The number of fused-ring (bicyclic) bond motifs is 1. The van der Waals surface area contributed by atoms with Crippen LogP contribution in [0.25, 0.3) is 0 Å². The molecular weight excluding hydrogens is 220 g/mol. The molecule has 0 N–H and O–H groups in total. The quantitative estimate of drug-likeness (QED) is 0.619. The lowest BCUT2D eigenvalue weighted by atomic mass is 9.56. The molecule has 2 saturated carbocycles. The van der Waals surface area contributed by atoms with Crippen molar-refractivity contribution in [1.82, 2.24) is 0 Å². The van der Waals surface area contributed by atoms with Crippen LogP contribution in [0.5, 0.6) is 0 Å². The van der Waals surface area contributed by atoms with E-state index in [1.807, 2.05) is 7.11 Å². The van der Waals surface area contributed by atoms with Crippen LogP contribution < -0.4 is 0 Å². The summed E-state index contributed by atoms with van der Waals surface area (Å²) in [6.07, 6.45) is 4.89. The van der Waals surface area contributed by atoms with Crippen molar-refractivity contribution in [1.29, 1.82) is 0 Å². The normalized spacial score (nSPS) is 45.6. The third-order valence-electron chi connectivity index (χ3n) is 6.38. The molecule has 1 heteroatoms. The van der Waals surface area contributed by atoms with Crippen molar-refractivity contribution in [2.24, 2.45) is 16.7 Å². The van der Waals surface area contributed by atoms with Crippen LogP contribution in [-0.2, 0) is 4.74 Å². The summed E-state index contributed by atoms with van der Waals surface area (Å²) < 4.78 is 5.98. The van der Waals surface area contributed by atoms with Gasteiger partial charge in [-0.1, -0.05) is 38.5 Å². The Morgan fingerprint density at radius 3 is 2.56 bits per heavy atom. The van der Waals surface area contributed by atoms with Crippen molar-refractivity contribution in [3.8, 4) is 0 Å². The third kappa shape index (κ3) is 1.13. The first-order valence-corrected chi connectivity index (χ1v) is 7.26. The van der Waals surface area contributed by atoms with Gasteiger partial charge in [-0.15, -0.1) is 0 Å². The maximum absolute atomic E-state index is 5.98. The number of rotatable bonds is 1. The molecule has 3 aliphatic rings. The average Bonchev–Trinajstić information content (AvgIpc) is 2.77. The second-order valence-corrected chi connectivity index (χ2v) is 7.40. The van der Waals surface area contributed by atoms with Gasteiger partial charge in [-0.25, -0.2) is 0 Å². The fourth-order valence-corrected chi connectivity index (χ4v) is 5.60. The molecule has 1 nitrogen and oxygen atoms in total. The molecule has 0 amide bonds. The number of allylic oxidation sites excluding steroid dienone is 2. The van der Waals surface area contributed by atoms with Crippen molar-refractivity contribution in [2.75, 3.05) is 7.11 Å². The molecule has 3 atom stereocenters. The van der Waals surface area contributed by atoms with E-state index in [4.69, 9.17) is 4.74 Å². The van der Waals surface area contributed by atoms with Gasteiger partial charge in [-0.05, 0) is 49.5 Å². The van der Waals surface area contributed by atoms with Gasteiger partial charge in [0.15, 0.2) is 0 Å². The van der Waals surface area contributed by atoms with Gasteiger partial charge in [0.05, 0.1) is 5.60 Å². The maximum Gasteiger partial charge on any atom is 0.0902 e. The molecule has 100 valence electrons. The SMILES string of the molecule is C=C1C(C)(C)C2=C(C)CC(C)[C@]23CC[C@@]1(OC)C3. The zero-order chi connectivity index (χ0) is 13.3. The van der Waals surface area contributed by atoms with Crippen LogP contribution in [0.15, 0.2) is 23.3 Å². The molecule has 18 heavy (non-hydrogen) atoms. The van der Waals surface area contributed by atoms with E-state index in [1.165, 1.54) is 24.8 Å². The van der Waals surface area contributed by atoms with E-state index in [1.54, 1.807) is 11.1 Å². The molecule has 3 rings (SSSR count). The first-order chi connectivity index (χ1) is 8.30. The molecular formula is C17H26O. The average molecular weight is 246 g/mol. The fraction of sp³-hybridized carbons (Fsp3) is 0.765. The highest BCUT2D eigenvalue weighted by Crippen LogP contribution is 2.71. The number of hydrogen-bond donors (Lipinski definition) is 0. The van der Waals surface area contributed by atoms with Crippen LogP contribution in [0.3, 0.4) is 0 Å². The summed E-state index contributed by atoms with van der Waals surface area (Å²) in [5.41, 5.74) is 5.11. The van der Waals surface area contributed by atoms with E-state index in [0.29, 0.717) is 5.41 Å². The van der Waals surface area contributed by atoms with Gasteiger partial charge < -0.3 is 4.74 Å². The van der Waals surface area contributed by atoms with Gasteiger partial charge in [0.1, 0.15) is 0 Å². The van der Waals surface area contributed by atoms with E-state index >= 15 is 0 Å². The Kier molecular flexibility index (Phi) is 2.29. The summed E-state index contributed by atoms with van der Waals surface area (Å²) in [7, 11) is 1.88. The second kappa shape index (κ2) is 3.30. The Hall–Kier alpha value is -0.560. The molecule has 0 aromatic carbocycles. The molecule has 0 radical (unpaired) electrons. The largest absolute Gasteiger partial charge is 0.374 e. The Morgan fingerprint density at radius 2 is 1.94 bits per heavy atom. The number of ether oxygens (including phenoxy) is 1.